The lowest BCUT2D eigenvalue weighted by Crippen LogP contribution is -2.41. The Bertz CT molecular complexity index is 813. The number of aromatic nitrogens is 2. The summed E-state index contributed by atoms with van der Waals surface area (Å²) in [7, 11) is 1.58. The first-order valence-electron chi connectivity index (χ1n) is 9.06. The van der Waals surface area contributed by atoms with Gasteiger partial charge in [0.2, 0.25) is 0 Å². The minimum atomic E-state index is -0.209. The quantitative estimate of drug-likeness (QED) is 0.899. The first kappa shape index (κ1) is 17.6. The summed E-state index contributed by atoms with van der Waals surface area (Å²) in [5.41, 5.74) is 0.133. The molecule has 1 atom stereocenters. The Morgan fingerprint density at radius 1 is 1.32 bits per heavy atom. The molecule has 0 bridgehead atoms. The average Bonchev–Trinajstić information content (AvgIpc) is 2.63. The molecule has 0 unspecified atom stereocenters. The summed E-state index contributed by atoms with van der Waals surface area (Å²) in [6.45, 7) is 6.16. The summed E-state index contributed by atoms with van der Waals surface area (Å²) in [6, 6.07) is 7.14. The molecule has 1 N–H and O–H groups in total. The number of rotatable bonds is 5. The molecule has 1 aliphatic heterocycles. The van der Waals surface area contributed by atoms with Crippen LogP contribution in [0.15, 0.2) is 29.1 Å². The number of benzene rings is 1. The van der Waals surface area contributed by atoms with Crippen molar-refractivity contribution in [1.29, 1.82) is 0 Å². The van der Waals surface area contributed by atoms with E-state index in [0.717, 1.165) is 32.5 Å². The van der Waals surface area contributed by atoms with Crippen LogP contribution in [0.1, 0.15) is 36.7 Å². The highest BCUT2D eigenvalue weighted by Gasteiger charge is 2.21. The van der Waals surface area contributed by atoms with Crippen LogP contribution in [0.2, 0.25) is 0 Å². The number of nitrogens with one attached hydrogen (secondary N) is 1. The van der Waals surface area contributed by atoms with Gasteiger partial charge in [0.15, 0.2) is 5.69 Å². The summed E-state index contributed by atoms with van der Waals surface area (Å²) < 4.78 is 1.24. The fourth-order valence-electron chi connectivity index (χ4n) is 3.63. The second-order valence-electron chi connectivity index (χ2n) is 6.84. The van der Waals surface area contributed by atoms with Gasteiger partial charge in [0, 0.05) is 25.5 Å². The van der Waals surface area contributed by atoms with Gasteiger partial charge in [0.25, 0.3) is 11.5 Å². The molecule has 0 radical (unpaired) electrons. The third kappa shape index (κ3) is 3.90. The number of piperidine rings is 1. The summed E-state index contributed by atoms with van der Waals surface area (Å²) in [4.78, 5) is 27.3. The number of hydrogen-bond donors (Lipinski definition) is 1. The van der Waals surface area contributed by atoms with Gasteiger partial charge in [-0.25, -0.2) is 4.68 Å². The molecular weight excluding hydrogens is 316 g/mol. The molecule has 0 aliphatic carbocycles. The number of carbonyl (C=O) groups excluding carboxylic acids is 1. The predicted octanol–water partition coefficient (Wildman–Crippen LogP) is 1.79. The number of hydrogen-bond acceptors (Lipinski definition) is 4. The fraction of sp³-hybridized carbons (Fsp3) is 0.526. The Labute approximate surface area is 147 Å². The maximum Gasteiger partial charge on any atom is 0.274 e. The van der Waals surface area contributed by atoms with Crippen molar-refractivity contribution < 1.29 is 4.79 Å². The van der Waals surface area contributed by atoms with E-state index in [1.165, 1.54) is 11.1 Å². The third-order valence-electron chi connectivity index (χ3n) is 4.87. The number of amides is 1. The van der Waals surface area contributed by atoms with Gasteiger partial charge >= 0.3 is 0 Å². The Balaban J connectivity index is 1.73. The van der Waals surface area contributed by atoms with Crippen molar-refractivity contribution in [2.24, 2.45) is 13.0 Å². The van der Waals surface area contributed by atoms with Crippen molar-refractivity contribution in [2.45, 2.75) is 26.2 Å². The van der Waals surface area contributed by atoms with E-state index in [1.807, 2.05) is 6.07 Å². The zero-order valence-corrected chi connectivity index (χ0v) is 15.0. The molecular formula is C19H26N4O2. The van der Waals surface area contributed by atoms with Crippen molar-refractivity contribution in [2.75, 3.05) is 26.2 Å². The summed E-state index contributed by atoms with van der Waals surface area (Å²) >= 11 is 0. The Hall–Kier alpha value is -2.21. The van der Waals surface area contributed by atoms with E-state index in [-0.39, 0.29) is 11.5 Å². The second-order valence-corrected chi connectivity index (χ2v) is 6.84. The molecule has 1 aromatic carbocycles. The van der Waals surface area contributed by atoms with Gasteiger partial charge in [-0.05, 0) is 44.3 Å². The first-order valence-corrected chi connectivity index (χ1v) is 9.06. The summed E-state index contributed by atoms with van der Waals surface area (Å²) in [5.74, 6) is 0.266. The monoisotopic (exact) mass is 342 g/mol. The van der Waals surface area contributed by atoms with E-state index in [1.54, 1.807) is 25.2 Å². The Morgan fingerprint density at radius 2 is 2.08 bits per heavy atom. The van der Waals surface area contributed by atoms with Crippen molar-refractivity contribution in [3.8, 4) is 0 Å². The van der Waals surface area contributed by atoms with Crippen molar-refractivity contribution in [1.82, 2.24) is 20.0 Å². The molecule has 134 valence electrons. The maximum absolute atomic E-state index is 12.7. The van der Waals surface area contributed by atoms with E-state index in [9.17, 15) is 9.59 Å². The highest BCUT2D eigenvalue weighted by Crippen LogP contribution is 2.17. The van der Waals surface area contributed by atoms with Gasteiger partial charge in [-0.2, -0.15) is 5.10 Å². The van der Waals surface area contributed by atoms with Crippen LogP contribution in [0.25, 0.3) is 10.8 Å². The zero-order chi connectivity index (χ0) is 17.8. The van der Waals surface area contributed by atoms with Crippen molar-refractivity contribution in [3.63, 3.8) is 0 Å². The predicted molar refractivity (Wildman–Crippen MR) is 98.8 cm³/mol. The average molecular weight is 342 g/mol. The van der Waals surface area contributed by atoms with Crippen molar-refractivity contribution >= 4 is 16.7 Å². The van der Waals surface area contributed by atoms with Gasteiger partial charge in [-0.1, -0.05) is 25.1 Å². The fourth-order valence-corrected chi connectivity index (χ4v) is 3.63. The number of fused-ring (bicyclic) bond motifs is 1. The Morgan fingerprint density at radius 3 is 2.84 bits per heavy atom. The Kier molecular flexibility index (Phi) is 5.48. The van der Waals surface area contributed by atoms with Gasteiger partial charge in [-0.15, -0.1) is 0 Å². The first-order chi connectivity index (χ1) is 12.1. The van der Waals surface area contributed by atoms with Crippen LogP contribution in [0.4, 0.5) is 0 Å². The standard InChI is InChI=1S/C19H26N4O2/c1-3-10-23-11-6-7-14(13-23)12-20-18(24)17-15-8-4-5-9-16(15)19(25)22(2)21-17/h4-5,8-9,14H,3,6-7,10-13H2,1-2H3,(H,20,24)/t14-/m0/s1. The van der Waals surface area contributed by atoms with Crippen molar-refractivity contribution in [3.05, 3.63) is 40.3 Å². The van der Waals surface area contributed by atoms with E-state index >= 15 is 0 Å². The smallest absolute Gasteiger partial charge is 0.274 e. The largest absolute Gasteiger partial charge is 0.350 e. The van der Waals surface area contributed by atoms with E-state index in [0.29, 0.717) is 28.9 Å². The topological polar surface area (TPSA) is 67.2 Å². The molecule has 2 heterocycles. The molecule has 6 heteroatoms. The second kappa shape index (κ2) is 7.78. The van der Waals surface area contributed by atoms with Gasteiger partial charge < -0.3 is 10.2 Å². The highest BCUT2D eigenvalue weighted by molar-refractivity contribution is 6.04. The lowest BCUT2D eigenvalue weighted by atomic mass is 9.97. The van der Waals surface area contributed by atoms with Crippen LogP contribution in [0.3, 0.4) is 0 Å². The van der Waals surface area contributed by atoms with Crippen LogP contribution >= 0.6 is 0 Å². The minimum Gasteiger partial charge on any atom is -0.350 e. The van der Waals surface area contributed by atoms with Crippen LogP contribution in [0.5, 0.6) is 0 Å². The lowest BCUT2D eigenvalue weighted by molar-refractivity contribution is 0.0927. The van der Waals surface area contributed by atoms with Gasteiger partial charge in [-0.3, -0.25) is 9.59 Å². The molecule has 0 saturated carbocycles. The molecule has 1 aliphatic rings. The molecule has 1 aromatic heterocycles. The van der Waals surface area contributed by atoms with E-state index in [2.05, 4.69) is 22.2 Å². The number of likely N-dealkylation sites (tertiary alicyclic amines) is 1. The molecule has 25 heavy (non-hydrogen) atoms. The van der Waals surface area contributed by atoms with Crippen LogP contribution in [-0.2, 0) is 7.05 Å². The van der Waals surface area contributed by atoms with E-state index in [4.69, 9.17) is 0 Å². The number of carbonyl (C=O) groups is 1. The van der Waals surface area contributed by atoms with Crippen LogP contribution < -0.4 is 10.9 Å². The van der Waals surface area contributed by atoms with Gasteiger partial charge in [0.1, 0.15) is 0 Å². The maximum atomic E-state index is 12.7. The normalized spacial score (nSPS) is 18.4. The molecule has 3 rings (SSSR count). The molecule has 6 nitrogen and oxygen atoms in total. The van der Waals surface area contributed by atoms with Crippen LogP contribution in [0, 0.1) is 5.92 Å². The SMILES string of the molecule is CCCN1CCC[C@@H](CNC(=O)c2nn(C)c(=O)c3ccccc23)C1. The zero-order valence-electron chi connectivity index (χ0n) is 15.0. The number of aryl methyl sites for hydroxylation is 1. The molecule has 0 spiro atoms. The third-order valence-corrected chi connectivity index (χ3v) is 4.87. The highest BCUT2D eigenvalue weighted by atomic mass is 16.2. The van der Waals surface area contributed by atoms with Crippen LogP contribution in [-0.4, -0.2) is 46.8 Å². The summed E-state index contributed by atoms with van der Waals surface area (Å²) in [6.07, 6.45) is 3.48. The molecule has 1 fully saturated rings. The molecule has 1 amide bonds. The van der Waals surface area contributed by atoms with E-state index < -0.39 is 0 Å². The van der Waals surface area contributed by atoms with Gasteiger partial charge in [0.05, 0.1) is 5.39 Å². The minimum absolute atomic E-state index is 0.186. The number of nitrogens with zero attached hydrogens (tertiary/aromatic N) is 3. The molecule has 2 aromatic rings. The molecule has 1 saturated heterocycles. The lowest BCUT2D eigenvalue weighted by Gasteiger charge is -2.32. The summed E-state index contributed by atoms with van der Waals surface area (Å²) in [5, 5.41) is 8.35.